The third-order valence-corrected chi connectivity index (χ3v) is 4.58. The number of carbonyl (C=O) groups excluding carboxylic acids is 1. The molecule has 146 valence electrons. The minimum atomic E-state index is -0.266. The molecule has 0 saturated heterocycles. The normalized spacial score (nSPS) is 10.9. The fraction of sp³-hybridized carbons (Fsp3) is 0.130. The molecule has 6 heteroatoms. The van der Waals surface area contributed by atoms with Crippen molar-refractivity contribution in [2.24, 2.45) is 0 Å². The largest absolute Gasteiger partial charge is 0.484 e. The third kappa shape index (κ3) is 4.58. The molecule has 0 unspecified atom stereocenters. The molecule has 1 aromatic heterocycles. The van der Waals surface area contributed by atoms with E-state index in [0.29, 0.717) is 33.4 Å². The maximum absolute atomic E-state index is 12.2. The van der Waals surface area contributed by atoms with Gasteiger partial charge in [-0.05, 0) is 68.4 Å². The van der Waals surface area contributed by atoms with Crippen molar-refractivity contribution < 1.29 is 13.9 Å². The lowest BCUT2D eigenvalue weighted by Crippen LogP contribution is -2.20. The van der Waals surface area contributed by atoms with Gasteiger partial charge in [-0.15, -0.1) is 0 Å². The first kappa shape index (κ1) is 19.0. The van der Waals surface area contributed by atoms with Crippen LogP contribution in [0.25, 0.3) is 22.6 Å². The summed E-state index contributed by atoms with van der Waals surface area (Å²) in [5.41, 5.74) is 5.19. The summed E-state index contributed by atoms with van der Waals surface area (Å²) in [7, 11) is 0. The molecule has 29 heavy (non-hydrogen) atoms. The number of carbonyl (C=O) groups is 1. The minimum absolute atomic E-state index is 0.105. The second kappa shape index (κ2) is 7.97. The second-order valence-corrected chi connectivity index (χ2v) is 7.31. The molecule has 1 heterocycles. The van der Waals surface area contributed by atoms with E-state index in [-0.39, 0.29) is 12.5 Å². The Balaban J connectivity index is 1.47. The summed E-state index contributed by atoms with van der Waals surface area (Å²) in [4.78, 5) is 16.8. The van der Waals surface area contributed by atoms with Gasteiger partial charge in [-0.1, -0.05) is 28.8 Å². The summed E-state index contributed by atoms with van der Waals surface area (Å²) in [5.74, 6) is 0.869. The number of benzene rings is 3. The Morgan fingerprint density at radius 2 is 1.76 bits per heavy atom. The molecule has 0 fully saturated rings. The molecule has 4 rings (SSSR count). The van der Waals surface area contributed by atoms with E-state index >= 15 is 0 Å². The topological polar surface area (TPSA) is 64.4 Å². The fourth-order valence-corrected chi connectivity index (χ4v) is 3.23. The molecule has 0 bridgehead atoms. The van der Waals surface area contributed by atoms with Gasteiger partial charge in [0.1, 0.15) is 11.3 Å². The van der Waals surface area contributed by atoms with Gasteiger partial charge in [0, 0.05) is 16.3 Å². The number of hydrogen-bond acceptors (Lipinski definition) is 4. The highest BCUT2D eigenvalue weighted by Gasteiger charge is 2.11. The highest BCUT2D eigenvalue weighted by molar-refractivity contribution is 6.30. The highest BCUT2D eigenvalue weighted by Crippen LogP contribution is 2.27. The lowest BCUT2D eigenvalue weighted by molar-refractivity contribution is -0.118. The molecule has 0 spiro atoms. The number of hydrogen-bond donors (Lipinski definition) is 1. The lowest BCUT2D eigenvalue weighted by Gasteiger charge is -2.07. The SMILES string of the molecule is Cc1cc(C)cc(-c2nc3cc(NC(=O)COc4ccc(Cl)cc4)ccc3o2)c1. The van der Waals surface area contributed by atoms with E-state index in [4.69, 9.17) is 20.8 Å². The molecule has 4 aromatic rings. The second-order valence-electron chi connectivity index (χ2n) is 6.87. The van der Waals surface area contributed by atoms with E-state index in [0.717, 1.165) is 16.7 Å². The van der Waals surface area contributed by atoms with Crippen molar-refractivity contribution in [2.75, 3.05) is 11.9 Å². The van der Waals surface area contributed by atoms with Crippen LogP contribution in [0.1, 0.15) is 11.1 Å². The van der Waals surface area contributed by atoms with Gasteiger partial charge < -0.3 is 14.5 Å². The van der Waals surface area contributed by atoms with Gasteiger partial charge in [0.15, 0.2) is 12.2 Å². The van der Waals surface area contributed by atoms with Crippen LogP contribution in [0.5, 0.6) is 5.75 Å². The van der Waals surface area contributed by atoms with E-state index in [1.54, 1.807) is 42.5 Å². The Morgan fingerprint density at radius 1 is 1.03 bits per heavy atom. The minimum Gasteiger partial charge on any atom is -0.484 e. The van der Waals surface area contributed by atoms with Crippen molar-refractivity contribution in [2.45, 2.75) is 13.8 Å². The first-order valence-electron chi connectivity index (χ1n) is 9.14. The molecule has 5 nitrogen and oxygen atoms in total. The summed E-state index contributed by atoms with van der Waals surface area (Å²) in [6.45, 7) is 3.98. The van der Waals surface area contributed by atoms with Crippen molar-refractivity contribution in [3.63, 3.8) is 0 Å². The van der Waals surface area contributed by atoms with Crippen molar-refractivity contribution in [1.29, 1.82) is 0 Å². The van der Waals surface area contributed by atoms with Gasteiger partial charge in [0.25, 0.3) is 5.91 Å². The van der Waals surface area contributed by atoms with Crippen molar-refractivity contribution >= 4 is 34.3 Å². The number of nitrogens with one attached hydrogen (secondary N) is 1. The van der Waals surface area contributed by atoms with Crippen molar-refractivity contribution in [1.82, 2.24) is 4.98 Å². The number of nitrogens with zero attached hydrogens (tertiary/aromatic N) is 1. The van der Waals surface area contributed by atoms with Crippen LogP contribution in [0.4, 0.5) is 5.69 Å². The maximum atomic E-state index is 12.2. The van der Waals surface area contributed by atoms with Crippen LogP contribution < -0.4 is 10.1 Å². The van der Waals surface area contributed by atoms with Crippen molar-refractivity contribution in [3.8, 4) is 17.2 Å². The first-order chi connectivity index (χ1) is 14.0. The molecule has 1 amide bonds. The van der Waals surface area contributed by atoms with E-state index in [1.807, 2.05) is 26.0 Å². The number of aromatic nitrogens is 1. The average Bonchev–Trinajstić information content (AvgIpc) is 3.10. The monoisotopic (exact) mass is 406 g/mol. The van der Waals surface area contributed by atoms with Gasteiger partial charge in [-0.2, -0.15) is 0 Å². The summed E-state index contributed by atoms with van der Waals surface area (Å²) in [6.07, 6.45) is 0. The van der Waals surface area contributed by atoms with Gasteiger partial charge in [0.05, 0.1) is 0 Å². The van der Waals surface area contributed by atoms with E-state index in [2.05, 4.69) is 16.4 Å². The van der Waals surface area contributed by atoms with Crippen LogP contribution in [0.15, 0.2) is 65.1 Å². The lowest BCUT2D eigenvalue weighted by atomic mass is 10.1. The molecule has 3 aromatic carbocycles. The molecule has 0 saturated carbocycles. The average molecular weight is 407 g/mol. The third-order valence-electron chi connectivity index (χ3n) is 4.32. The summed E-state index contributed by atoms with van der Waals surface area (Å²) < 4.78 is 11.3. The zero-order valence-corrected chi connectivity index (χ0v) is 16.8. The molecule has 1 N–H and O–H groups in total. The summed E-state index contributed by atoms with van der Waals surface area (Å²) in [6, 6.07) is 18.4. The van der Waals surface area contributed by atoms with Gasteiger partial charge in [0.2, 0.25) is 5.89 Å². The van der Waals surface area contributed by atoms with Gasteiger partial charge in [-0.25, -0.2) is 4.98 Å². The molecule has 0 radical (unpaired) electrons. The fourth-order valence-electron chi connectivity index (χ4n) is 3.10. The predicted molar refractivity (Wildman–Crippen MR) is 114 cm³/mol. The van der Waals surface area contributed by atoms with Crippen LogP contribution in [-0.4, -0.2) is 17.5 Å². The van der Waals surface area contributed by atoms with Crippen LogP contribution in [0, 0.1) is 13.8 Å². The van der Waals surface area contributed by atoms with Crippen LogP contribution in [-0.2, 0) is 4.79 Å². The Kier molecular flexibility index (Phi) is 5.23. The number of rotatable bonds is 5. The maximum Gasteiger partial charge on any atom is 0.262 e. The van der Waals surface area contributed by atoms with Gasteiger partial charge in [-0.3, -0.25) is 4.79 Å². The van der Waals surface area contributed by atoms with Crippen LogP contribution in [0.2, 0.25) is 5.02 Å². The number of ether oxygens (including phenoxy) is 1. The molecule has 0 aliphatic heterocycles. The quantitative estimate of drug-likeness (QED) is 0.456. The molecule has 0 atom stereocenters. The van der Waals surface area contributed by atoms with Gasteiger partial charge >= 0.3 is 0 Å². The van der Waals surface area contributed by atoms with E-state index in [1.165, 1.54) is 0 Å². The smallest absolute Gasteiger partial charge is 0.262 e. The van der Waals surface area contributed by atoms with Crippen LogP contribution in [0.3, 0.4) is 0 Å². The zero-order valence-electron chi connectivity index (χ0n) is 16.0. The zero-order chi connectivity index (χ0) is 20.4. The Bertz CT molecular complexity index is 1160. The first-order valence-corrected chi connectivity index (χ1v) is 9.51. The number of fused-ring (bicyclic) bond motifs is 1. The highest BCUT2D eigenvalue weighted by atomic mass is 35.5. The van der Waals surface area contributed by atoms with E-state index in [9.17, 15) is 4.79 Å². The number of oxazole rings is 1. The van der Waals surface area contributed by atoms with Crippen molar-refractivity contribution in [3.05, 3.63) is 76.8 Å². The standard InChI is InChI=1S/C23H19ClN2O3/c1-14-9-15(2)11-16(10-14)23-26-20-12-18(5-8-21(20)29-23)25-22(27)13-28-19-6-3-17(24)4-7-19/h3-12H,13H2,1-2H3,(H,25,27). The van der Waals surface area contributed by atoms with E-state index < -0.39 is 0 Å². The summed E-state index contributed by atoms with van der Waals surface area (Å²) >= 11 is 5.84. The molecular formula is C23H19ClN2O3. The van der Waals surface area contributed by atoms with Crippen LogP contribution >= 0.6 is 11.6 Å². The Morgan fingerprint density at radius 3 is 2.48 bits per heavy atom. The summed E-state index contributed by atoms with van der Waals surface area (Å²) in [5, 5.41) is 3.43. The molecule has 0 aliphatic rings. The number of aryl methyl sites for hydroxylation is 2. The number of anilines is 1. The predicted octanol–water partition coefficient (Wildman–Crippen LogP) is 5.78. The molecule has 0 aliphatic carbocycles. The number of amides is 1. The number of halogens is 1. The Hall–Kier alpha value is -3.31. The Labute approximate surface area is 173 Å². The molecular weight excluding hydrogens is 388 g/mol.